The zero-order valence-electron chi connectivity index (χ0n) is 19.8. The molecule has 5 rings (SSSR count). The highest BCUT2D eigenvalue weighted by Gasteiger charge is 2.11. The molecule has 0 aliphatic rings. The summed E-state index contributed by atoms with van der Waals surface area (Å²) >= 11 is 1.43. The van der Waals surface area contributed by atoms with Crippen molar-refractivity contribution in [1.29, 1.82) is 0 Å². The first-order chi connectivity index (χ1) is 17.5. The Morgan fingerprint density at radius 1 is 0.861 bits per heavy atom. The molecule has 8 nitrogen and oxygen atoms in total. The maximum atomic E-state index is 12.6. The summed E-state index contributed by atoms with van der Waals surface area (Å²) in [5, 5.41) is 6.10. The van der Waals surface area contributed by atoms with Crippen molar-refractivity contribution in [2.24, 2.45) is 0 Å². The summed E-state index contributed by atoms with van der Waals surface area (Å²) in [5.74, 6) is 1.65. The number of amides is 1. The number of nitrogens with zero attached hydrogens (tertiary/aromatic N) is 5. The zero-order chi connectivity index (χ0) is 24.9. The van der Waals surface area contributed by atoms with E-state index in [1.807, 2.05) is 68.4 Å². The van der Waals surface area contributed by atoms with Gasteiger partial charge in [-0.3, -0.25) is 14.8 Å². The zero-order valence-corrected chi connectivity index (χ0v) is 20.6. The lowest BCUT2D eigenvalue weighted by molar-refractivity contribution is 0.0946. The second kappa shape index (κ2) is 10.4. The van der Waals surface area contributed by atoms with Crippen LogP contribution in [0.15, 0.2) is 79.1 Å². The van der Waals surface area contributed by atoms with E-state index in [0.29, 0.717) is 29.4 Å². The third kappa shape index (κ3) is 5.59. The monoisotopic (exact) mass is 493 g/mol. The summed E-state index contributed by atoms with van der Waals surface area (Å²) < 4.78 is 4.34. The number of hydrogen-bond donors (Lipinski definition) is 2. The van der Waals surface area contributed by atoms with Crippen LogP contribution in [0.5, 0.6) is 0 Å². The Labute approximate surface area is 212 Å². The number of anilines is 2. The molecule has 4 aromatic heterocycles. The van der Waals surface area contributed by atoms with Gasteiger partial charge < -0.3 is 10.6 Å². The molecular formula is C27H23N7OS. The van der Waals surface area contributed by atoms with E-state index in [1.54, 1.807) is 24.5 Å². The van der Waals surface area contributed by atoms with Crippen LogP contribution in [0, 0.1) is 13.8 Å². The molecule has 0 fully saturated rings. The highest BCUT2D eigenvalue weighted by Crippen LogP contribution is 2.22. The van der Waals surface area contributed by atoms with Gasteiger partial charge in [0, 0.05) is 46.7 Å². The summed E-state index contributed by atoms with van der Waals surface area (Å²) in [5.41, 5.74) is 4.69. The quantitative estimate of drug-likeness (QED) is 0.315. The number of aryl methyl sites for hydroxylation is 2. The lowest BCUT2D eigenvalue weighted by Gasteiger charge is -2.08. The van der Waals surface area contributed by atoms with Crippen molar-refractivity contribution in [3.05, 3.63) is 101 Å². The molecule has 0 saturated heterocycles. The number of benzene rings is 1. The molecule has 5 aromatic rings. The number of pyridine rings is 2. The van der Waals surface area contributed by atoms with E-state index in [-0.39, 0.29) is 5.91 Å². The Morgan fingerprint density at radius 3 is 2.42 bits per heavy atom. The molecule has 0 spiro atoms. The molecule has 0 atom stereocenters. The van der Waals surface area contributed by atoms with Crippen LogP contribution in [-0.2, 0) is 6.54 Å². The Morgan fingerprint density at radius 2 is 1.72 bits per heavy atom. The molecule has 0 bridgehead atoms. The summed E-state index contributed by atoms with van der Waals surface area (Å²) in [6, 6.07) is 21.2. The lowest BCUT2D eigenvalue weighted by Crippen LogP contribution is -2.23. The van der Waals surface area contributed by atoms with E-state index in [9.17, 15) is 4.79 Å². The summed E-state index contributed by atoms with van der Waals surface area (Å²) in [6.07, 6.45) is 3.38. The van der Waals surface area contributed by atoms with Gasteiger partial charge in [0.1, 0.15) is 17.3 Å². The molecule has 36 heavy (non-hydrogen) atoms. The van der Waals surface area contributed by atoms with E-state index >= 15 is 0 Å². The van der Waals surface area contributed by atoms with Gasteiger partial charge in [-0.25, -0.2) is 9.97 Å². The normalized spacial score (nSPS) is 10.7. The van der Waals surface area contributed by atoms with Crippen LogP contribution >= 0.6 is 11.5 Å². The molecular weight excluding hydrogens is 470 g/mol. The van der Waals surface area contributed by atoms with Crippen LogP contribution < -0.4 is 10.6 Å². The van der Waals surface area contributed by atoms with Crippen LogP contribution in [0.4, 0.5) is 11.6 Å². The molecule has 0 aliphatic heterocycles. The minimum atomic E-state index is -0.264. The largest absolute Gasteiger partial charge is 0.347 e. The molecule has 0 saturated carbocycles. The Bertz CT molecular complexity index is 1480. The van der Waals surface area contributed by atoms with Crippen LogP contribution in [-0.4, -0.2) is 30.2 Å². The minimum absolute atomic E-state index is 0.264. The topological polar surface area (TPSA) is 106 Å². The van der Waals surface area contributed by atoms with Gasteiger partial charge in [0.15, 0.2) is 5.82 Å². The van der Waals surface area contributed by atoms with Crippen molar-refractivity contribution < 1.29 is 4.79 Å². The highest BCUT2D eigenvalue weighted by atomic mass is 32.1. The summed E-state index contributed by atoms with van der Waals surface area (Å²) in [4.78, 5) is 31.7. The minimum Gasteiger partial charge on any atom is -0.347 e. The van der Waals surface area contributed by atoms with Gasteiger partial charge in [0.05, 0.1) is 5.69 Å². The highest BCUT2D eigenvalue weighted by molar-refractivity contribution is 7.06. The lowest BCUT2D eigenvalue weighted by atomic mass is 10.1. The Balaban J connectivity index is 1.23. The van der Waals surface area contributed by atoms with Crippen molar-refractivity contribution in [2.75, 3.05) is 5.32 Å². The van der Waals surface area contributed by atoms with Gasteiger partial charge in [0.2, 0.25) is 0 Å². The van der Waals surface area contributed by atoms with E-state index in [0.717, 1.165) is 33.2 Å². The molecule has 178 valence electrons. The van der Waals surface area contributed by atoms with E-state index in [4.69, 9.17) is 0 Å². The van der Waals surface area contributed by atoms with Crippen LogP contribution in [0.3, 0.4) is 0 Å². The van der Waals surface area contributed by atoms with Crippen molar-refractivity contribution in [2.45, 2.75) is 20.4 Å². The third-order valence-electron chi connectivity index (χ3n) is 5.34. The van der Waals surface area contributed by atoms with Crippen molar-refractivity contribution >= 4 is 29.1 Å². The van der Waals surface area contributed by atoms with E-state index in [2.05, 4.69) is 34.9 Å². The predicted molar refractivity (Wildman–Crippen MR) is 141 cm³/mol. The summed E-state index contributed by atoms with van der Waals surface area (Å²) in [7, 11) is 0. The molecule has 0 radical (unpaired) electrons. The van der Waals surface area contributed by atoms with Crippen molar-refractivity contribution in [3.8, 4) is 22.6 Å². The Hall–Kier alpha value is -4.50. The molecule has 1 amide bonds. The van der Waals surface area contributed by atoms with Gasteiger partial charge in [-0.15, -0.1) is 0 Å². The SMILES string of the molecule is Cc1cc(Nc2cc(C)sn2)nc(-c2ccc(C(=O)NCc3ccc(-c4ccccc4)nc3)nc2)n1. The number of aromatic nitrogens is 5. The van der Waals surface area contributed by atoms with Gasteiger partial charge in [0.25, 0.3) is 5.91 Å². The molecule has 0 unspecified atom stereocenters. The maximum absolute atomic E-state index is 12.6. The van der Waals surface area contributed by atoms with Crippen molar-refractivity contribution in [1.82, 2.24) is 29.6 Å². The van der Waals surface area contributed by atoms with E-state index in [1.165, 1.54) is 11.5 Å². The molecule has 2 N–H and O–H groups in total. The second-order valence-electron chi connectivity index (χ2n) is 8.20. The molecule has 4 heterocycles. The van der Waals surface area contributed by atoms with Crippen LogP contribution in [0.1, 0.15) is 26.6 Å². The van der Waals surface area contributed by atoms with E-state index < -0.39 is 0 Å². The van der Waals surface area contributed by atoms with Gasteiger partial charge >= 0.3 is 0 Å². The standard InChI is InChI=1S/C27H23N7OS/c1-17-12-24(32-25-13-18(2)36-34-25)33-26(31-17)21-9-11-23(29-16-21)27(35)30-15-19-8-10-22(28-14-19)20-6-4-3-5-7-20/h3-14,16H,15H2,1-2H3,(H,30,35)(H,31,32,33,34). The first kappa shape index (κ1) is 23.3. The predicted octanol–water partition coefficient (Wildman–Crippen LogP) is 5.35. The fourth-order valence-corrected chi connectivity index (χ4v) is 4.07. The number of nitrogens with one attached hydrogen (secondary N) is 2. The molecule has 0 aliphatic carbocycles. The number of rotatable bonds is 7. The molecule has 9 heteroatoms. The number of carbonyl (C=O) groups is 1. The molecule has 1 aromatic carbocycles. The fourth-order valence-electron chi connectivity index (χ4n) is 3.56. The third-order valence-corrected chi connectivity index (χ3v) is 6.03. The second-order valence-corrected chi connectivity index (χ2v) is 9.21. The fraction of sp³-hybridized carbons (Fsp3) is 0.111. The van der Waals surface area contributed by atoms with Gasteiger partial charge in [-0.2, -0.15) is 4.37 Å². The average molecular weight is 494 g/mol. The van der Waals surface area contributed by atoms with Gasteiger partial charge in [-0.1, -0.05) is 36.4 Å². The first-order valence-electron chi connectivity index (χ1n) is 11.3. The average Bonchev–Trinajstić information content (AvgIpc) is 3.32. The summed E-state index contributed by atoms with van der Waals surface area (Å²) in [6.45, 7) is 4.26. The number of hydrogen-bond acceptors (Lipinski definition) is 8. The Kier molecular flexibility index (Phi) is 6.72. The number of carbonyl (C=O) groups excluding carboxylic acids is 1. The van der Waals surface area contributed by atoms with Crippen LogP contribution in [0.25, 0.3) is 22.6 Å². The smallest absolute Gasteiger partial charge is 0.270 e. The van der Waals surface area contributed by atoms with Crippen molar-refractivity contribution in [3.63, 3.8) is 0 Å². The van der Waals surface area contributed by atoms with Crippen LogP contribution in [0.2, 0.25) is 0 Å². The maximum Gasteiger partial charge on any atom is 0.270 e. The first-order valence-corrected chi connectivity index (χ1v) is 12.1. The van der Waals surface area contributed by atoms with Gasteiger partial charge in [-0.05, 0) is 55.2 Å².